The summed E-state index contributed by atoms with van der Waals surface area (Å²) in [6.45, 7) is 6.36. The number of aliphatic hydroxyl groups excluding tert-OH is 2. The van der Waals surface area contributed by atoms with E-state index in [-0.39, 0.29) is 24.9 Å². The minimum absolute atomic E-state index is 0.0647. The van der Waals surface area contributed by atoms with Gasteiger partial charge in [-0.25, -0.2) is 0 Å². The molecule has 0 aliphatic carbocycles. The summed E-state index contributed by atoms with van der Waals surface area (Å²) in [7, 11) is 0. The van der Waals surface area contributed by atoms with Crippen molar-refractivity contribution in [1.82, 2.24) is 5.32 Å². The molecule has 3 atom stereocenters. The van der Waals surface area contributed by atoms with E-state index in [9.17, 15) is 19.8 Å². The third-order valence-electron chi connectivity index (χ3n) is 11.6. The Kier molecular flexibility index (Phi) is 46.6. The van der Waals surface area contributed by atoms with Crippen molar-refractivity contribution in [1.29, 1.82) is 0 Å². The average Bonchev–Trinajstić information content (AvgIpc) is 3.25. The normalized spacial score (nSPS) is 13.7. The van der Waals surface area contributed by atoms with E-state index in [1.54, 1.807) is 0 Å². The number of nitrogens with one attached hydrogen (secondary N) is 1. The van der Waals surface area contributed by atoms with Gasteiger partial charge >= 0.3 is 5.97 Å². The Hall–Kier alpha value is -2.44. The van der Waals surface area contributed by atoms with Crippen LogP contribution in [-0.4, -0.2) is 46.9 Å². The fraction of sp³-hybridized carbons (Fsp3) is 0.782. The summed E-state index contributed by atoms with van der Waals surface area (Å²) in [5.41, 5.74) is 0. The maximum absolute atomic E-state index is 13.2. The fourth-order valence-electron chi connectivity index (χ4n) is 7.69. The largest absolute Gasteiger partial charge is 0.462 e. The zero-order valence-electron chi connectivity index (χ0n) is 40.3. The van der Waals surface area contributed by atoms with Gasteiger partial charge in [0.15, 0.2) is 0 Å². The highest BCUT2D eigenvalue weighted by Gasteiger charge is 2.24. The molecule has 1 amide bonds. The van der Waals surface area contributed by atoms with Crippen molar-refractivity contribution in [2.24, 2.45) is 0 Å². The first-order valence-electron chi connectivity index (χ1n) is 26.0. The van der Waals surface area contributed by atoms with Gasteiger partial charge in [-0.15, -0.1) is 0 Å². The third kappa shape index (κ3) is 44.0. The van der Waals surface area contributed by atoms with E-state index in [2.05, 4.69) is 86.8 Å². The van der Waals surface area contributed by atoms with E-state index in [0.717, 1.165) is 96.3 Å². The minimum Gasteiger partial charge on any atom is -0.462 e. The van der Waals surface area contributed by atoms with Crippen molar-refractivity contribution in [3.63, 3.8) is 0 Å². The molecule has 0 aliphatic heterocycles. The molecule has 0 bridgehead atoms. The first-order valence-corrected chi connectivity index (χ1v) is 26.0. The Balaban J connectivity index is 4.54. The van der Waals surface area contributed by atoms with Crippen LogP contribution in [0.1, 0.15) is 252 Å². The van der Waals surface area contributed by atoms with E-state index in [4.69, 9.17) is 4.74 Å². The van der Waals surface area contributed by atoms with E-state index in [1.807, 2.05) is 0 Å². The fourth-order valence-corrected chi connectivity index (χ4v) is 7.69. The van der Waals surface area contributed by atoms with Gasteiger partial charge < -0.3 is 20.3 Å². The predicted molar refractivity (Wildman–Crippen MR) is 264 cm³/mol. The highest BCUT2D eigenvalue weighted by molar-refractivity contribution is 5.77. The SMILES string of the molecule is CC/C=C\C/C=C\C/C=C\C/C=C\C/C=C\CCCCCC(=O)OC(CCCCCCCCCCCC)CC(=O)NC(CO)C(O)CCCCCCCCCCCCCCC. The topological polar surface area (TPSA) is 95.9 Å². The molecule has 0 rings (SSSR count). The Bertz CT molecular complexity index is 1090. The average molecular weight is 854 g/mol. The maximum Gasteiger partial charge on any atom is 0.306 e. The molecule has 0 spiro atoms. The van der Waals surface area contributed by atoms with E-state index in [1.165, 1.54) is 109 Å². The lowest BCUT2D eigenvalue weighted by atomic mass is 10.0. The summed E-state index contributed by atoms with van der Waals surface area (Å²) < 4.78 is 5.91. The molecule has 354 valence electrons. The van der Waals surface area contributed by atoms with Crippen molar-refractivity contribution in [2.75, 3.05) is 6.61 Å². The molecule has 0 fully saturated rings. The Morgan fingerprint density at radius 3 is 1.33 bits per heavy atom. The van der Waals surface area contributed by atoms with Crippen LogP contribution in [0.4, 0.5) is 0 Å². The molecular formula is C55H99NO5. The molecule has 0 aromatic heterocycles. The second-order valence-corrected chi connectivity index (χ2v) is 17.5. The standard InChI is InChI=1S/C55H99NO5/c1-4-7-10-13-16-19-22-24-25-26-27-28-29-31-33-36-39-42-45-48-55(60)61-51(46-43-40-37-34-21-18-15-12-9-6-3)49-54(59)56-52(50-57)53(58)47-44-41-38-35-32-30-23-20-17-14-11-8-5-2/h7,10,16,19,24-25,27-28,31,33,51-53,57-58H,4-6,8-9,11-15,17-18,20-23,26,29-30,32,34-50H2,1-3H3,(H,56,59)/b10-7-,19-16-,25-24-,28-27-,33-31-. The first-order chi connectivity index (χ1) is 30.0. The number of unbranched alkanes of at least 4 members (excludes halogenated alkanes) is 24. The van der Waals surface area contributed by atoms with Crippen LogP contribution in [0.15, 0.2) is 60.8 Å². The lowest BCUT2D eigenvalue weighted by Crippen LogP contribution is -2.46. The molecule has 6 nitrogen and oxygen atoms in total. The Morgan fingerprint density at radius 1 is 0.492 bits per heavy atom. The van der Waals surface area contributed by atoms with Crippen molar-refractivity contribution in [3.05, 3.63) is 60.8 Å². The maximum atomic E-state index is 13.2. The van der Waals surface area contributed by atoms with Gasteiger partial charge in [0.25, 0.3) is 0 Å². The summed E-state index contributed by atoms with van der Waals surface area (Å²) in [6, 6.07) is -0.707. The molecular weight excluding hydrogens is 755 g/mol. The van der Waals surface area contributed by atoms with Crippen molar-refractivity contribution in [3.8, 4) is 0 Å². The van der Waals surface area contributed by atoms with Crippen LogP contribution in [0.25, 0.3) is 0 Å². The summed E-state index contributed by atoms with van der Waals surface area (Å²) in [6.07, 6.45) is 59.9. The number of aliphatic hydroxyl groups is 2. The van der Waals surface area contributed by atoms with Crippen LogP contribution in [0.2, 0.25) is 0 Å². The minimum atomic E-state index is -0.792. The van der Waals surface area contributed by atoms with Crippen LogP contribution in [-0.2, 0) is 14.3 Å². The van der Waals surface area contributed by atoms with Gasteiger partial charge in [0.05, 0.1) is 25.2 Å². The molecule has 0 aromatic rings. The highest BCUT2D eigenvalue weighted by atomic mass is 16.5. The third-order valence-corrected chi connectivity index (χ3v) is 11.6. The van der Waals surface area contributed by atoms with Crippen LogP contribution >= 0.6 is 0 Å². The van der Waals surface area contributed by atoms with Gasteiger partial charge in [-0.2, -0.15) is 0 Å². The second-order valence-electron chi connectivity index (χ2n) is 17.5. The number of allylic oxidation sites excluding steroid dienone is 10. The number of hydrogen-bond acceptors (Lipinski definition) is 5. The highest BCUT2D eigenvalue weighted by Crippen LogP contribution is 2.18. The molecule has 0 saturated carbocycles. The molecule has 3 unspecified atom stereocenters. The Morgan fingerprint density at radius 2 is 0.885 bits per heavy atom. The van der Waals surface area contributed by atoms with Gasteiger partial charge in [-0.05, 0) is 70.6 Å². The molecule has 0 aromatic carbocycles. The molecule has 0 heterocycles. The van der Waals surface area contributed by atoms with Gasteiger partial charge in [0, 0.05) is 6.42 Å². The molecule has 61 heavy (non-hydrogen) atoms. The summed E-state index contributed by atoms with van der Waals surface area (Å²) >= 11 is 0. The lowest BCUT2D eigenvalue weighted by molar-refractivity contribution is -0.151. The number of rotatable bonds is 46. The zero-order valence-corrected chi connectivity index (χ0v) is 40.3. The van der Waals surface area contributed by atoms with E-state index in [0.29, 0.717) is 19.3 Å². The quantitative estimate of drug-likeness (QED) is 0.0322. The molecule has 6 heteroatoms. The van der Waals surface area contributed by atoms with E-state index >= 15 is 0 Å². The molecule has 0 saturated heterocycles. The van der Waals surface area contributed by atoms with Gasteiger partial charge in [-0.1, -0.05) is 229 Å². The summed E-state index contributed by atoms with van der Waals surface area (Å²) in [5, 5.41) is 23.7. The monoisotopic (exact) mass is 854 g/mol. The molecule has 0 radical (unpaired) electrons. The molecule has 3 N–H and O–H groups in total. The van der Waals surface area contributed by atoms with E-state index < -0.39 is 18.2 Å². The number of amides is 1. The smallest absolute Gasteiger partial charge is 0.306 e. The number of hydrogen-bond donors (Lipinski definition) is 3. The molecule has 0 aliphatic rings. The van der Waals surface area contributed by atoms with Crippen LogP contribution in [0.5, 0.6) is 0 Å². The van der Waals surface area contributed by atoms with Crippen LogP contribution in [0, 0.1) is 0 Å². The number of carbonyl (C=O) groups is 2. The summed E-state index contributed by atoms with van der Waals surface area (Å²) in [4.78, 5) is 26.1. The second kappa shape index (κ2) is 48.6. The number of esters is 1. The van der Waals surface area contributed by atoms with Crippen LogP contribution < -0.4 is 5.32 Å². The van der Waals surface area contributed by atoms with Gasteiger partial charge in [0.1, 0.15) is 6.10 Å². The van der Waals surface area contributed by atoms with Gasteiger partial charge in [-0.3, -0.25) is 9.59 Å². The van der Waals surface area contributed by atoms with Crippen molar-refractivity contribution < 1.29 is 24.5 Å². The first kappa shape index (κ1) is 58.6. The lowest BCUT2D eigenvalue weighted by Gasteiger charge is -2.24. The number of ether oxygens (including phenoxy) is 1. The Labute approximate surface area is 378 Å². The zero-order chi connectivity index (χ0) is 44.5. The number of carbonyl (C=O) groups excluding carboxylic acids is 2. The van der Waals surface area contributed by atoms with Crippen molar-refractivity contribution >= 4 is 11.9 Å². The predicted octanol–water partition coefficient (Wildman–Crippen LogP) is 15.6. The van der Waals surface area contributed by atoms with Crippen LogP contribution in [0.3, 0.4) is 0 Å². The summed E-state index contributed by atoms with van der Waals surface area (Å²) in [5.74, 6) is -0.508. The van der Waals surface area contributed by atoms with Crippen molar-refractivity contribution in [2.45, 2.75) is 270 Å². The van der Waals surface area contributed by atoms with Gasteiger partial charge in [0.2, 0.25) is 5.91 Å².